The van der Waals surface area contributed by atoms with Crippen molar-refractivity contribution in [3.05, 3.63) is 61.7 Å². The normalized spacial score (nSPS) is 11.6. The van der Waals surface area contributed by atoms with Gasteiger partial charge in [-0.25, -0.2) is 17.5 Å². The molecule has 8 heteroatoms. The lowest BCUT2D eigenvalue weighted by Gasteiger charge is -2.10. The SMILES string of the molecule is O=S(=O)(NCc1cc(F)ccc1Br)c1ccc(Br)cc1Cl. The first kappa shape index (κ1) is 16.9. The molecule has 2 aromatic rings. The molecule has 0 bridgehead atoms. The Morgan fingerprint density at radius 3 is 2.52 bits per heavy atom. The minimum atomic E-state index is -3.78. The molecule has 0 radical (unpaired) electrons. The summed E-state index contributed by atoms with van der Waals surface area (Å²) in [5, 5.41) is 0.107. The van der Waals surface area contributed by atoms with Crippen LogP contribution in [0, 0.1) is 5.82 Å². The van der Waals surface area contributed by atoms with Crippen LogP contribution in [0.25, 0.3) is 0 Å². The number of sulfonamides is 1. The molecule has 0 atom stereocenters. The largest absolute Gasteiger partial charge is 0.242 e. The lowest BCUT2D eigenvalue weighted by Crippen LogP contribution is -2.23. The number of halogens is 4. The molecule has 21 heavy (non-hydrogen) atoms. The molecular formula is C13H9Br2ClFNO2S. The van der Waals surface area contributed by atoms with Crippen LogP contribution in [0.3, 0.4) is 0 Å². The highest BCUT2D eigenvalue weighted by Crippen LogP contribution is 2.25. The monoisotopic (exact) mass is 455 g/mol. The van der Waals surface area contributed by atoms with E-state index in [4.69, 9.17) is 11.6 Å². The molecule has 0 aliphatic heterocycles. The zero-order valence-corrected chi connectivity index (χ0v) is 15.2. The van der Waals surface area contributed by atoms with Gasteiger partial charge in [-0.3, -0.25) is 0 Å². The number of benzene rings is 2. The van der Waals surface area contributed by atoms with Crippen molar-refractivity contribution in [1.29, 1.82) is 0 Å². The van der Waals surface area contributed by atoms with E-state index in [1.807, 2.05) is 0 Å². The van der Waals surface area contributed by atoms with Crippen LogP contribution >= 0.6 is 43.5 Å². The van der Waals surface area contributed by atoms with E-state index in [1.54, 1.807) is 6.07 Å². The third-order valence-corrected chi connectivity index (χ3v) is 5.79. The van der Waals surface area contributed by atoms with E-state index in [1.165, 1.54) is 30.3 Å². The van der Waals surface area contributed by atoms with Crippen LogP contribution in [0.15, 0.2) is 50.2 Å². The summed E-state index contributed by atoms with van der Waals surface area (Å²) in [6.45, 7) is -0.0485. The quantitative estimate of drug-likeness (QED) is 0.736. The minimum absolute atomic E-state index is 0.0279. The van der Waals surface area contributed by atoms with Gasteiger partial charge in [0.15, 0.2) is 0 Å². The Hall–Kier alpha value is -0.470. The van der Waals surface area contributed by atoms with Gasteiger partial charge in [0.2, 0.25) is 10.0 Å². The summed E-state index contributed by atoms with van der Waals surface area (Å²) in [6.07, 6.45) is 0. The molecule has 0 spiro atoms. The maximum Gasteiger partial charge on any atom is 0.242 e. The molecule has 112 valence electrons. The standard InChI is InChI=1S/C13H9Br2ClFNO2S/c14-9-1-4-13(12(16)6-9)21(19,20)18-7-8-5-10(17)2-3-11(8)15/h1-6,18H,7H2. The Labute approximate surface area is 143 Å². The molecule has 0 fully saturated rings. The second-order valence-electron chi connectivity index (χ2n) is 4.14. The summed E-state index contributed by atoms with van der Waals surface area (Å²) < 4.78 is 41.3. The smallest absolute Gasteiger partial charge is 0.207 e. The first-order chi connectivity index (χ1) is 9.79. The predicted molar refractivity (Wildman–Crippen MR) is 87.3 cm³/mol. The van der Waals surface area contributed by atoms with Crippen molar-refractivity contribution in [2.24, 2.45) is 0 Å². The zero-order chi connectivity index (χ0) is 15.6. The summed E-state index contributed by atoms with van der Waals surface area (Å²) in [6, 6.07) is 8.54. The van der Waals surface area contributed by atoms with Crippen molar-refractivity contribution in [2.45, 2.75) is 11.4 Å². The molecule has 0 aliphatic carbocycles. The van der Waals surface area contributed by atoms with Gasteiger partial charge < -0.3 is 0 Å². The summed E-state index contributed by atoms with van der Waals surface area (Å²) in [5.74, 6) is -0.436. The fourth-order valence-corrected chi connectivity index (χ4v) is 4.05. The second-order valence-corrected chi connectivity index (χ2v) is 8.05. The molecule has 3 nitrogen and oxygen atoms in total. The van der Waals surface area contributed by atoms with E-state index >= 15 is 0 Å². The summed E-state index contributed by atoms with van der Waals surface area (Å²) in [4.78, 5) is -0.0279. The zero-order valence-electron chi connectivity index (χ0n) is 10.4. The highest BCUT2D eigenvalue weighted by molar-refractivity contribution is 9.10. The number of hydrogen-bond donors (Lipinski definition) is 1. The van der Waals surface area contributed by atoms with Crippen LogP contribution in [0.4, 0.5) is 4.39 Å². The first-order valence-electron chi connectivity index (χ1n) is 5.68. The molecule has 1 N–H and O–H groups in total. The molecule has 2 aromatic carbocycles. The molecule has 0 aliphatic rings. The summed E-state index contributed by atoms with van der Waals surface area (Å²) >= 11 is 12.4. The average molecular weight is 458 g/mol. The van der Waals surface area contributed by atoms with E-state index < -0.39 is 15.8 Å². The number of hydrogen-bond acceptors (Lipinski definition) is 2. The van der Waals surface area contributed by atoms with E-state index in [0.717, 1.165) is 0 Å². The molecule has 0 unspecified atom stereocenters. The van der Waals surface area contributed by atoms with Crippen molar-refractivity contribution in [3.63, 3.8) is 0 Å². The van der Waals surface area contributed by atoms with Gasteiger partial charge in [-0.1, -0.05) is 43.5 Å². The highest BCUT2D eigenvalue weighted by atomic mass is 79.9. The third-order valence-electron chi connectivity index (χ3n) is 2.64. The van der Waals surface area contributed by atoms with Crippen LogP contribution in [0.5, 0.6) is 0 Å². The van der Waals surface area contributed by atoms with Crippen LogP contribution in [0.2, 0.25) is 5.02 Å². The van der Waals surface area contributed by atoms with Gasteiger partial charge in [-0.05, 0) is 42.0 Å². The Morgan fingerprint density at radius 1 is 1.14 bits per heavy atom. The molecular weight excluding hydrogens is 448 g/mol. The van der Waals surface area contributed by atoms with Crippen molar-refractivity contribution in [1.82, 2.24) is 4.72 Å². The van der Waals surface area contributed by atoms with Gasteiger partial charge in [0.05, 0.1) is 5.02 Å². The minimum Gasteiger partial charge on any atom is -0.207 e. The van der Waals surface area contributed by atoms with Crippen molar-refractivity contribution >= 4 is 53.5 Å². The van der Waals surface area contributed by atoms with Gasteiger partial charge in [0.25, 0.3) is 0 Å². The van der Waals surface area contributed by atoms with E-state index in [9.17, 15) is 12.8 Å². The van der Waals surface area contributed by atoms with E-state index in [-0.39, 0.29) is 16.5 Å². The third kappa shape index (κ3) is 4.26. The Kier molecular flexibility index (Phi) is 5.43. The van der Waals surface area contributed by atoms with Crippen molar-refractivity contribution in [2.75, 3.05) is 0 Å². The predicted octanol–water partition coefficient (Wildman–Crippen LogP) is 4.48. The highest BCUT2D eigenvalue weighted by Gasteiger charge is 2.18. The van der Waals surface area contributed by atoms with Gasteiger partial charge in [0.1, 0.15) is 10.7 Å². The van der Waals surface area contributed by atoms with Gasteiger partial charge in [-0.15, -0.1) is 0 Å². The number of nitrogens with one attached hydrogen (secondary N) is 1. The van der Waals surface area contributed by atoms with Crippen LogP contribution in [-0.4, -0.2) is 8.42 Å². The molecule has 0 heterocycles. The summed E-state index contributed by atoms with van der Waals surface area (Å²) in [7, 11) is -3.78. The Morgan fingerprint density at radius 2 is 1.86 bits per heavy atom. The summed E-state index contributed by atoms with van der Waals surface area (Å²) in [5.41, 5.74) is 0.492. The second kappa shape index (κ2) is 6.75. The van der Waals surface area contributed by atoms with Gasteiger partial charge >= 0.3 is 0 Å². The van der Waals surface area contributed by atoms with Crippen LogP contribution in [0.1, 0.15) is 5.56 Å². The molecule has 0 aromatic heterocycles. The van der Waals surface area contributed by atoms with Gasteiger partial charge in [-0.2, -0.15) is 0 Å². The fraction of sp³-hybridized carbons (Fsp3) is 0.0769. The lowest BCUT2D eigenvalue weighted by atomic mass is 10.2. The molecule has 0 saturated heterocycles. The number of rotatable bonds is 4. The first-order valence-corrected chi connectivity index (χ1v) is 9.13. The molecule has 0 amide bonds. The van der Waals surface area contributed by atoms with E-state index in [2.05, 4.69) is 36.6 Å². The maximum absolute atomic E-state index is 13.2. The average Bonchev–Trinajstić information content (AvgIpc) is 2.39. The van der Waals surface area contributed by atoms with Crippen molar-refractivity contribution < 1.29 is 12.8 Å². The molecule has 2 rings (SSSR count). The lowest BCUT2D eigenvalue weighted by molar-refractivity contribution is 0.580. The van der Waals surface area contributed by atoms with Crippen molar-refractivity contribution in [3.8, 4) is 0 Å². The maximum atomic E-state index is 13.2. The Balaban J connectivity index is 2.24. The fourth-order valence-electron chi connectivity index (χ4n) is 1.62. The Bertz CT molecular complexity index is 784. The van der Waals surface area contributed by atoms with Crippen LogP contribution in [-0.2, 0) is 16.6 Å². The molecule has 0 saturated carbocycles. The van der Waals surface area contributed by atoms with Gasteiger partial charge in [0, 0.05) is 15.5 Å². The topological polar surface area (TPSA) is 46.2 Å². The van der Waals surface area contributed by atoms with Crippen LogP contribution < -0.4 is 4.72 Å². The van der Waals surface area contributed by atoms with E-state index in [0.29, 0.717) is 14.5 Å².